The highest BCUT2D eigenvalue weighted by atomic mass is 35.5. The fourth-order valence-electron chi connectivity index (χ4n) is 4.22. The molecular weight excluding hydrogens is 410 g/mol. The number of carbonyl (C=O) groups is 3. The van der Waals surface area contributed by atoms with Crippen LogP contribution in [0.2, 0.25) is 5.02 Å². The Morgan fingerprint density at radius 2 is 1.40 bits per heavy atom. The lowest BCUT2D eigenvalue weighted by Crippen LogP contribution is -2.49. The zero-order chi connectivity index (χ0) is 21.9. The van der Waals surface area contributed by atoms with Gasteiger partial charge in [-0.3, -0.25) is 19.7 Å². The molecule has 30 heavy (non-hydrogen) atoms. The van der Waals surface area contributed by atoms with Gasteiger partial charge in [0.1, 0.15) is 6.04 Å². The number of methoxy groups -OCH3 is 3. The first-order valence-electron chi connectivity index (χ1n) is 9.22. The number of ether oxygens (including phenoxy) is 3. The van der Waals surface area contributed by atoms with Crippen LogP contribution in [0.4, 0.5) is 0 Å². The van der Waals surface area contributed by atoms with Gasteiger partial charge < -0.3 is 14.2 Å². The Labute approximate surface area is 179 Å². The van der Waals surface area contributed by atoms with Crippen LogP contribution in [-0.2, 0) is 28.6 Å². The van der Waals surface area contributed by atoms with Crippen molar-refractivity contribution in [1.29, 1.82) is 0 Å². The molecule has 0 bridgehead atoms. The molecule has 2 aromatic rings. The van der Waals surface area contributed by atoms with Gasteiger partial charge in [0.25, 0.3) is 0 Å². The summed E-state index contributed by atoms with van der Waals surface area (Å²) in [5, 5.41) is 3.62. The molecule has 7 nitrogen and oxygen atoms in total. The Morgan fingerprint density at radius 3 is 1.90 bits per heavy atom. The number of nitrogens with one attached hydrogen (secondary N) is 1. The fraction of sp³-hybridized carbons (Fsp3) is 0.318. The summed E-state index contributed by atoms with van der Waals surface area (Å²) in [4.78, 5) is 39.3. The van der Waals surface area contributed by atoms with E-state index < -0.39 is 41.3 Å². The third kappa shape index (κ3) is 3.44. The molecule has 0 radical (unpaired) electrons. The molecule has 1 aliphatic heterocycles. The number of halogens is 1. The summed E-state index contributed by atoms with van der Waals surface area (Å²) in [5.74, 6) is -3.19. The van der Waals surface area contributed by atoms with Crippen molar-refractivity contribution >= 4 is 29.5 Å². The zero-order valence-electron chi connectivity index (χ0n) is 16.8. The van der Waals surface area contributed by atoms with E-state index in [4.69, 9.17) is 25.8 Å². The van der Waals surface area contributed by atoms with Crippen LogP contribution in [0.1, 0.15) is 23.1 Å². The normalized spacial score (nSPS) is 22.2. The Morgan fingerprint density at radius 1 is 0.833 bits per heavy atom. The fourth-order valence-corrected chi connectivity index (χ4v) is 4.35. The molecule has 1 saturated heterocycles. The molecule has 1 fully saturated rings. The quantitative estimate of drug-likeness (QED) is 0.442. The number of benzene rings is 2. The lowest BCUT2D eigenvalue weighted by atomic mass is 9.66. The van der Waals surface area contributed by atoms with Crippen molar-refractivity contribution in [2.24, 2.45) is 5.41 Å². The molecule has 0 saturated carbocycles. The number of carbonyl (C=O) groups excluding carboxylic acids is 3. The maximum atomic E-state index is 13.3. The van der Waals surface area contributed by atoms with Gasteiger partial charge >= 0.3 is 17.9 Å². The summed E-state index contributed by atoms with van der Waals surface area (Å²) >= 11 is 6.02. The second-order valence-corrected chi connectivity index (χ2v) is 7.33. The van der Waals surface area contributed by atoms with Crippen LogP contribution in [0, 0.1) is 5.41 Å². The summed E-state index contributed by atoms with van der Waals surface area (Å²) in [6.45, 7) is 0. The lowest BCUT2D eigenvalue weighted by molar-refractivity contribution is -0.171. The highest BCUT2D eigenvalue weighted by Crippen LogP contribution is 2.54. The van der Waals surface area contributed by atoms with E-state index in [1.54, 1.807) is 54.6 Å². The van der Waals surface area contributed by atoms with E-state index in [0.29, 0.717) is 16.1 Å². The molecule has 158 valence electrons. The SMILES string of the molecule is COC(=O)[C@@H]1N[C@H](c2ccc(Cl)cc2)C(C(=O)OC)(C(=O)OC)[C@H]1c1ccccc1. The summed E-state index contributed by atoms with van der Waals surface area (Å²) in [7, 11) is 3.64. The third-order valence-electron chi connectivity index (χ3n) is 5.49. The van der Waals surface area contributed by atoms with Gasteiger partial charge in [-0.05, 0) is 23.3 Å². The minimum atomic E-state index is -1.88. The van der Waals surface area contributed by atoms with Gasteiger partial charge in [-0.15, -0.1) is 0 Å². The zero-order valence-corrected chi connectivity index (χ0v) is 17.5. The van der Waals surface area contributed by atoms with Crippen molar-refractivity contribution in [3.63, 3.8) is 0 Å². The van der Waals surface area contributed by atoms with Crippen LogP contribution in [0.5, 0.6) is 0 Å². The predicted molar refractivity (Wildman–Crippen MR) is 109 cm³/mol. The molecule has 0 amide bonds. The van der Waals surface area contributed by atoms with E-state index in [1.165, 1.54) is 21.3 Å². The van der Waals surface area contributed by atoms with E-state index in [2.05, 4.69) is 5.32 Å². The summed E-state index contributed by atoms with van der Waals surface area (Å²) in [6.07, 6.45) is 0. The van der Waals surface area contributed by atoms with Crippen molar-refractivity contribution in [2.75, 3.05) is 21.3 Å². The monoisotopic (exact) mass is 431 g/mol. The highest BCUT2D eigenvalue weighted by Gasteiger charge is 2.68. The van der Waals surface area contributed by atoms with Gasteiger partial charge in [-0.1, -0.05) is 54.1 Å². The molecule has 0 aliphatic carbocycles. The van der Waals surface area contributed by atoms with E-state index in [-0.39, 0.29) is 0 Å². The first-order chi connectivity index (χ1) is 14.4. The summed E-state index contributed by atoms with van der Waals surface area (Å²) in [5.41, 5.74) is -0.715. The molecule has 0 spiro atoms. The second-order valence-electron chi connectivity index (χ2n) is 6.89. The molecule has 3 rings (SSSR count). The molecule has 1 heterocycles. The largest absolute Gasteiger partial charge is 0.468 e. The molecule has 0 aromatic heterocycles. The Hall–Kier alpha value is -2.90. The molecule has 1 aliphatic rings. The predicted octanol–water partition coefficient (Wildman–Crippen LogP) is 2.64. The Balaban J connectivity index is 2.33. The number of hydrogen-bond donors (Lipinski definition) is 1. The van der Waals surface area contributed by atoms with Gasteiger partial charge in [0.05, 0.1) is 27.4 Å². The topological polar surface area (TPSA) is 90.9 Å². The van der Waals surface area contributed by atoms with Crippen LogP contribution >= 0.6 is 11.6 Å². The van der Waals surface area contributed by atoms with E-state index >= 15 is 0 Å². The first-order valence-corrected chi connectivity index (χ1v) is 9.60. The molecular formula is C22H22ClNO6. The van der Waals surface area contributed by atoms with E-state index in [1.807, 2.05) is 0 Å². The Bertz CT molecular complexity index is 914. The summed E-state index contributed by atoms with van der Waals surface area (Å²) in [6, 6.07) is 13.5. The van der Waals surface area contributed by atoms with Gasteiger partial charge in [0, 0.05) is 10.9 Å². The third-order valence-corrected chi connectivity index (χ3v) is 5.74. The van der Waals surface area contributed by atoms with Crippen LogP contribution in [-0.4, -0.2) is 45.3 Å². The van der Waals surface area contributed by atoms with E-state index in [9.17, 15) is 14.4 Å². The van der Waals surface area contributed by atoms with Crippen LogP contribution < -0.4 is 5.32 Å². The molecule has 3 atom stereocenters. The molecule has 0 unspecified atom stereocenters. The van der Waals surface area contributed by atoms with Crippen LogP contribution in [0.3, 0.4) is 0 Å². The second kappa shape index (κ2) is 8.85. The van der Waals surface area contributed by atoms with Crippen molar-refractivity contribution < 1.29 is 28.6 Å². The smallest absolute Gasteiger partial charge is 0.325 e. The molecule has 8 heteroatoms. The van der Waals surface area contributed by atoms with Gasteiger partial charge in [-0.2, -0.15) is 0 Å². The molecule has 2 aromatic carbocycles. The van der Waals surface area contributed by atoms with Crippen molar-refractivity contribution in [3.05, 3.63) is 70.7 Å². The lowest BCUT2D eigenvalue weighted by Gasteiger charge is -2.34. The number of esters is 3. The molecule has 1 N–H and O–H groups in total. The Kier molecular flexibility index (Phi) is 6.43. The van der Waals surface area contributed by atoms with Gasteiger partial charge in [-0.25, -0.2) is 0 Å². The van der Waals surface area contributed by atoms with Crippen LogP contribution in [0.15, 0.2) is 54.6 Å². The summed E-state index contributed by atoms with van der Waals surface area (Å²) < 4.78 is 15.2. The van der Waals surface area contributed by atoms with Crippen LogP contribution in [0.25, 0.3) is 0 Å². The van der Waals surface area contributed by atoms with Gasteiger partial charge in [0.15, 0.2) is 5.41 Å². The minimum Gasteiger partial charge on any atom is -0.468 e. The van der Waals surface area contributed by atoms with E-state index in [0.717, 1.165) is 0 Å². The van der Waals surface area contributed by atoms with Crippen molar-refractivity contribution in [3.8, 4) is 0 Å². The first kappa shape index (κ1) is 21.8. The average Bonchev–Trinajstić information content (AvgIpc) is 3.15. The minimum absolute atomic E-state index is 0.489. The number of hydrogen-bond acceptors (Lipinski definition) is 7. The van der Waals surface area contributed by atoms with Gasteiger partial charge in [0.2, 0.25) is 0 Å². The highest BCUT2D eigenvalue weighted by molar-refractivity contribution is 6.30. The number of rotatable bonds is 5. The maximum absolute atomic E-state index is 13.3. The average molecular weight is 432 g/mol. The van der Waals surface area contributed by atoms with Crippen molar-refractivity contribution in [2.45, 2.75) is 18.0 Å². The standard InChI is InChI=1S/C22H22ClNO6/c1-28-19(25)17-16(13-7-5-4-6-8-13)22(20(26)29-2,21(27)30-3)18(24-17)14-9-11-15(23)12-10-14/h4-12,16-18,24H,1-3H3/t16-,17+,18+/m0/s1. The maximum Gasteiger partial charge on any atom is 0.325 e. The van der Waals surface area contributed by atoms with Crippen molar-refractivity contribution in [1.82, 2.24) is 5.32 Å².